The molecule has 1 atom stereocenters. The van der Waals surface area contributed by atoms with Gasteiger partial charge in [0.25, 0.3) is 0 Å². The second kappa shape index (κ2) is 6.16. The first-order valence-electron chi connectivity index (χ1n) is 6.92. The van der Waals surface area contributed by atoms with Gasteiger partial charge in [-0.1, -0.05) is 11.6 Å². The summed E-state index contributed by atoms with van der Waals surface area (Å²) in [5, 5.41) is 11.4. The lowest BCUT2D eigenvalue weighted by Gasteiger charge is -2.23. The zero-order valence-electron chi connectivity index (χ0n) is 12.6. The molecule has 0 saturated carbocycles. The van der Waals surface area contributed by atoms with E-state index in [1.165, 1.54) is 30.9 Å². The van der Waals surface area contributed by atoms with E-state index in [0.717, 1.165) is 6.07 Å². The first-order valence-corrected chi connectivity index (χ1v) is 7.30. The van der Waals surface area contributed by atoms with E-state index in [1.807, 2.05) is 0 Å². The number of rotatable bonds is 4. The summed E-state index contributed by atoms with van der Waals surface area (Å²) < 4.78 is 13.5. The Balaban J connectivity index is 2.12. The molecule has 2 amide bonds. The quantitative estimate of drug-likeness (QED) is 0.873. The Labute approximate surface area is 137 Å². The fourth-order valence-electron chi connectivity index (χ4n) is 2.25. The minimum Gasteiger partial charge on any atom is -0.480 e. The van der Waals surface area contributed by atoms with Gasteiger partial charge < -0.3 is 15.3 Å². The van der Waals surface area contributed by atoms with E-state index in [1.54, 1.807) is 0 Å². The lowest BCUT2D eigenvalue weighted by Crippen LogP contribution is -2.51. The molecule has 1 fully saturated rings. The number of carboxylic acids is 1. The molecule has 1 aliphatic heterocycles. The van der Waals surface area contributed by atoms with Gasteiger partial charge in [-0.15, -0.1) is 0 Å². The summed E-state index contributed by atoms with van der Waals surface area (Å²) in [4.78, 5) is 36.6. The third-order valence-corrected chi connectivity index (χ3v) is 3.99. The molecule has 1 heterocycles. The summed E-state index contributed by atoms with van der Waals surface area (Å²) in [6, 6.07) is 3.95. The summed E-state index contributed by atoms with van der Waals surface area (Å²) in [5.74, 6) is -3.38. The molecule has 0 aliphatic carbocycles. The zero-order valence-corrected chi connectivity index (χ0v) is 13.4. The Morgan fingerprint density at radius 1 is 1.43 bits per heavy atom. The fraction of sp³-hybridized carbons (Fsp3) is 0.400. The van der Waals surface area contributed by atoms with Gasteiger partial charge in [-0.25, -0.2) is 9.18 Å². The molecule has 1 aromatic carbocycles. The third-order valence-electron chi connectivity index (χ3n) is 3.68. The summed E-state index contributed by atoms with van der Waals surface area (Å²) in [6.07, 6.45) is -0.0637. The molecule has 1 aromatic rings. The first-order chi connectivity index (χ1) is 10.6. The molecule has 0 spiro atoms. The molecular formula is C15H16ClFN2O4. The Morgan fingerprint density at radius 3 is 2.65 bits per heavy atom. The molecule has 0 bridgehead atoms. The zero-order chi connectivity index (χ0) is 17.4. The molecule has 1 aliphatic rings. The maximum absolute atomic E-state index is 13.5. The Kier molecular flexibility index (Phi) is 4.61. The number of anilines is 1. The van der Waals surface area contributed by atoms with Crippen molar-refractivity contribution in [3.05, 3.63) is 29.0 Å². The van der Waals surface area contributed by atoms with Crippen LogP contribution in [0.15, 0.2) is 18.2 Å². The van der Waals surface area contributed by atoms with Crippen LogP contribution in [0.2, 0.25) is 5.02 Å². The fourth-order valence-corrected chi connectivity index (χ4v) is 2.37. The summed E-state index contributed by atoms with van der Waals surface area (Å²) in [5.41, 5.74) is -1.12. The lowest BCUT2D eigenvalue weighted by molar-refractivity contribution is -0.146. The van der Waals surface area contributed by atoms with Crippen LogP contribution in [0.5, 0.6) is 0 Å². The van der Waals surface area contributed by atoms with Crippen LogP contribution in [0.1, 0.15) is 20.3 Å². The maximum atomic E-state index is 13.5. The van der Waals surface area contributed by atoms with Gasteiger partial charge in [-0.2, -0.15) is 0 Å². The van der Waals surface area contributed by atoms with Crippen LogP contribution in [-0.2, 0) is 14.4 Å². The smallest absolute Gasteiger partial charge is 0.328 e. The maximum Gasteiger partial charge on any atom is 0.328 e. The SMILES string of the molecule is CC(C)(NC(=O)C1CC(=O)N(c2ccc(Cl)c(F)c2)C1)C(=O)O. The summed E-state index contributed by atoms with van der Waals surface area (Å²) >= 11 is 5.61. The molecule has 2 N–H and O–H groups in total. The van der Waals surface area contributed by atoms with Crippen LogP contribution >= 0.6 is 11.6 Å². The van der Waals surface area contributed by atoms with Crippen molar-refractivity contribution >= 4 is 35.1 Å². The number of hydrogen-bond acceptors (Lipinski definition) is 3. The van der Waals surface area contributed by atoms with Gasteiger partial charge in [-0.05, 0) is 32.0 Å². The van der Waals surface area contributed by atoms with E-state index in [9.17, 15) is 18.8 Å². The molecular weight excluding hydrogens is 327 g/mol. The number of amides is 2. The van der Waals surface area contributed by atoms with Gasteiger partial charge >= 0.3 is 5.97 Å². The average molecular weight is 343 g/mol. The number of carbonyl (C=O) groups is 3. The predicted octanol–water partition coefficient (Wildman–Crippen LogP) is 1.81. The highest BCUT2D eigenvalue weighted by Gasteiger charge is 2.38. The van der Waals surface area contributed by atoms with Crippen LogP contribution in [0.3, 0.4) is 0 Å². The van der Waals surface area contributed by atoms with E-state index in [0.29, 0.717) is 5.69 Å². The molecule has 8 heteroatoms. The van der Waals surface area contributed by atoms with Crippen LogP contribution in [0.4, 0.5) is 10.1 Å². The largest absolute Gasteiger partial charge is 0.480 e. The number of nitrogens with one attached hydrogen (secondary N) is 1. The summed E-state index contributed by atoms with van der Waals surface area (Å²) in [6.45, 7) is 2.77. The molecule has 23 heavy (non-hydrogen) atoms. The van der Waals surface area contributed by atoms with Crippen molar-refractivity contribution in [2.45, 2.75) is 25.8 Å². The van der Waals surface area contributed by atoms with Crippen molar-refractivity contribution in [3.8, 4) is 0 Å². The van der Waals surface area contributed by atoms with Gasteiger partial charge in [0.1, 0.15) is 11.4 Å². The second-order valence-corrected chi connectivity index (χ2v) is 6.33. The van der Waals surface area contributed by atoms with E-state index < -0.39 is 29.2 Å². The van der Waals surface area contributed by atoms with Gasteiger partial charge in [0.2, 0.25) is 11.8 Å². The first kappa shape index (κ1) is 17.2. The molecule has 0 radical (unpaired) electrons. The van der Waals surface area contributed by atoms with Crippen LogP contribution < -0.4 is 10.2 Å². The van der Waals surface area contributed by atoms with Crippen molar-refractivity contribution in [1.82, 2.24) is 5.32 Å². The number of halogens is 2. The van der Waals surface area contributed by atoms with E-state index >= 15 is 0 Å². The highest BCUT2D eigenvalue weighted by molar-refractivity contribution is 6.30. The van der Waals surface area contributed by atoms with Crippen molar-refractivity contribution < 1.29 is 23.9 Å². The number of benzene rings is 1. The monoisotopic (exact) mass is 342 g/mol. The van der Waals surface area contributed by atoms with Gasteiger partial charge in [0.15, 0.2) is 0 Å². The highest BCUT2D eigenvalue weighted by Crippen LogP contribution is 2.28. The van der Waals surface area contributed by atoms with Gasteiger partial charge in [0, 0.05) is 18.7 Å². The van der Waals surface area contributed by atoms with E-state index in [-0.39, 0.29) is 23.9 Å². The minimum atomic E-state index is -1.43. The van der Waals surface area contributed by atoms with Crippen molar-refractivity contribution in [2.24, 2.45) is 5.92 Å². The van der Waals surface area contributed by atoms with Crippen LogP contribution in [0, 0.1) is 11.7 Å². The molecule has 6 nitrogen and oxygen atoms in total. The van der Waals surface area contributed by atoms with Gasteiger partial charge in [0.05, 0.1) is 10.9 Å². The normalized spacial score (nSPS) is 18.2. The predicted molar refractivity (Wildman–Crippen MR) is 81.7 cm³/mol. The number of carbonyl (C=O) groups excluding carboxylic acids is 2. The minimum absolute atomic E-state index is 0.0570. The van der Waals surface area contributed by atoms with Crippen LogP contribution in [-0.4, -0.2) is 35.0 Å². The Bertz CT molecular complexity index is 677. The van der Waals surface area contributed by atoms with Crippen LogP contribution in [0.25, 0.3) is 0 Å². The average Bonchev–Trinajstić information content (AvgIpc) is 2.83. The topological polar surface area (TPSA) is 86.7 Å². The van der Waals surface area contributed by atoms with Gasteiger partial charge in [-0.3, -0.25) is 9.59 Å². The lowest BCUT2D eigenvalue weighted by atomic mass is 10.0. The highest BCUT2D eigenvalue weighted by atomic mass is 35.5. The third kappa shape index (κ3) is 3.61. The number of aliphatic carboxylic acids is 1. The summed E-state index contributed by atoms with van der Waals surface area (Å²) in [7, 11) is 0. The molecule has 124 valence electrons. The Hall–Kier alpha value is -2.15. The molecule has 1 saturated heterocycles. The van der Waals surface area contributed by atoms with Crippen molar-refractivity contribution in [2.75, 3.05) is 11.4 Å². The number of nitrogens with zero attached hydrogens (tertiary/aromatic N) is 1. The second-order valence-electron chi connectivity index (χ2n) is 5.92. The number of hydrogen-bond donors (Lipinski definition) is 2. The van der Waals surface area contributed by atoms with Crippen molar-refractivity contribution in [1.29, 1.82) is 0 Å². The van der Waals surface area contributed by atoms with E-state index in [4.69, 9.17) is 16.7 Å². The number of carboxylic acid groups (broad SMARTS) is 1. The molecule has 1 unspecified atom stereocenters. The molecule has 0 aromatic heterocycles. The molecule has 2 rings (SSSR count). The standard InChI is InChI=1S/C15H16ClFN2O4/c1-15(2,14(22)23)18-13(21)8-5-12(20)19(7-8)9-3-4-10(16)11(17)6-9/h3-4,6,8H,5,7H2,1-2H3,(H,18,21)(H,22,23). The van der Waals surface area contributed by atoms with E-state index in [2.05, 4.69) is 5.32 Å². The van der Waals surface area contributed by atoms with Crippen molar-refractivity contribution in [3.63, 3.8) is 0 Å². The Morgan fingerprint density at radius 2 is 2.09 bits per heavy atom.